The van der Waals surface area contributed by atoms with E-state index in [1.807, 2.05) is 0 Å². The fourth-order valence-electron chi connectivity index (χ4n) is 2.19. The summed E-state index contributed by atoms with van der Waals surface area (Å²) >= 11 is 0. The van der Waals surface area contributed by atoms with Crippen LogP contribution in [0.2, 0.25) is 0 Å². The van der Waals surface area contributed by atoms with E-state index in [0.29, 0.717) is 25.1 Å². The van der Waals surface area contributed by atoms with Gasteiger partial charge in [0.1, 0.15) is 5.82 Å². The van der Waals surface area contributed by atoms with E-state index in [9.17, 15) is 26.0 Å². The summed E-state index contributed by atoms with van der Waals surface area (Å²) in [5, 5.41) is 2.95. The molecule has 126 valence electrons. The van der Waals surface area contributed by atoms with Gasteiger partial charge in [-0.1, -0.05) is 0 Å². The molecule has 2 rings (SSSR count). The molecule has 1 unspecified atom stereocenters. The molecular weight excluding hydrogens is 348 g/mol. The number of nitrogens with one attached hydrogen (secondary N) is 2. The number of piperidine rings is 1. The lowest BCUT2D eigenvalue weighted by Crippen LogP contribution is -2.45. The Hall–Kier alpha value is -0.900. The summed E-state index contributed by atoms with van der Waals surface area (Å²) < 4.78 is 78.1. The summed E-state index contributed by atoms with van der Waals surface area (Å²) in [4.78, 5) is -0.957. The first-order valence-electron chi connectivity index (χ1n) is 6.30. The molecule has 4 nitrogen and oxygen atoms in total. The molecule has 1 atom stereocenters. The van der Waals surface area contributed by atoms with E-state index in [4.69, 9.17) is 0 Å². The van der Waals surface area contributed by atoms with Crippen molar-refractivity contribution in [3.63, 3.8) is 0 Å². The average molecular weight is 363 g/mol. The van der Waals surface area contributed by atoms with Gasteiger partial charge in [-0.2, -0.15) is 13.2 Å². The Morgan fingerprint density at radius 2 is 1.95 bits per heavy atom. The monoisotopic (exact) mass is 362 g/mol. The lowest BCUT2D eigenvalue weighted by atomic mass is 10.1. The van der Waals surface area contributed by atoms with Crippen LogP contribution < -0.4 is 10.0 Å². The topological polar surface area (TPSA) is 58.2 Å². The molecule has 0 aliphatic carbocycles. The van der Waals surface area contributed by atoms with E-state index in [-0.39, 0.29) is 18.5 Å². The Bertz CT molecular complexity index is 616. The smallest absolute Gasteiger partial charge is 0.315 e. The Morgan fingerprint density at radius 1 is 1.27 bits per heavy atom. The third kappa shape index (κ3) is 4.55. The van der Waals surface area contributed by atoms with Crippen LogP contribution in [0, 0.1) is 5.82 Å². The van der Waals surface area contributed by atoms with Crippen molar-refractivity contribution in [1.82, 2.24) is 10.0 Å². The Labute approximate surface area is 131 Å². The lowest BCUT2D eigenvalue weighted by molar-refractivity contribution is -0.140. The Kier molecular flexibility index (Phi) is 6.19. The quantitative estimate of drug-likeness (QED) is 0.811. The predicted octanol–water partition coefficient (Wildman–Crippen LogP) is 2.30. The van der Waals surface area contributed by atoms with Gasteiger partial charge in [0.25, 0.3) is 0 Å². The molecular formula is C12H15ClF4N2O2S. The van der Waals surface area contributed by atoms with Gasteiger partial charge in [0.2, 0.25) is 10.0 Å². The standard InChI is InChI=1S/C12H14F4N2O2S.ClH/c13-8-3-4-11(10(6-8)12(14,15)16)21(19,20)18-9-2-1-5-17-7-9;/h3-4,6,9,17-18H,1-2,5,7H2;1H. The highest BCUT2D eigenvalue weighted by molar-refractivity contribution is 7.89. The zero-order valence-corrected chi connectivity index (χ0v) is 12.9. The predicted molar refractivity (Wildman–Crippen MR) is 74.9 cm³/mol. The van der Waals surface area contributed by atoms with Gasteiger partial charge < -0.3 is 5.32 Å². The molecule has 2 N–H and O–H groups in total. The molecule has 0 radical (unpaired) electrons. The number of halogens is 5. The van der Waals surface area contributed by atoms with Crippen molar-refractivity contribution >= 4 is 22.4 Å². The molecule has 1 aliphatic heterocycles. The molecule has 0 amide bonds. The number of hydrogen-bond acceptors (Lipinski definition) is 3. The van der Waals surface area contributed by atoms with Crippen molar-refractivity contribution < 1.29 is 26.0 Å². The van der Waals surface area contributed by atoms with Crippen LogP contribution in [0.3, 0.4) is 0 Å². The van der Waals surface area contributed by atoms with E-state index in [1.54, 1.807) is 0 Å². The van der Waals surface area contributed by atoms with Crippen LogP contribution in [0.4, 0.5) is 17.6 Å². The fraction of sp³-hybridized carbons (Fsp3) is 0.500. The van der Waals surface area contributed by atoms with E-state index < -0.39 is 38.5 Å². The molecule has 1 aliphatic rings. The minimum atomic E-state index is -4.95. The summed E-state index contributed by atoms with van der Waals surface area (Å²) in [7, 11) is -4.37. The van der Waals surface area contributed by atoms with E-state index in [0.717, 1.165) is 13.0 Å². The van der Waals surface area contributed by atoms with Crippen LogP contribution in [-0.4, -0.2) is 27.5 Å². The molecule has 1 heterocycles. The minimum absolute atomic E-state index is 0. The SMILES string of the molecule is Cl.O=S(=O)(NC1CCCNC1)c1ccc(F)cc1C(F)(F)F. The van der Waals surface area contributed by atoms with E-state index >= 15 is 0 Å². The highest BCUT2D eigenvalue weighted by atomic mass is 35.5. The molecule has 0 spiro atoms. The Morgan fingerprint density at radius 3 is 2.50 bits per heavy atom. The van der Waals surface area contributed by atoms with Crippen molar-refractivity contribution in [3.8, 4) is 0 Å². The third-order valence-corrected chi connectivity index (χ3v) is 4.73. The molecule has 1 fully saturated rings. The number of alkyl halides is 3. The van der Waals surface area contributed by atoms with Crippen molar-refractivity contribution in [2.24, 2.45) is 0 Å². The van der Waals surface area contributed by atoms with Crippen molar-refractivity contribution in [1.29, 1.82) is 0 Å². The molecule has 0 saturated carbocycles. The van der Waals surface area contributed by atoms with Gasteiger partial charge in [-0.25, -0.2) is 17.5 Å². The normalized spacial score (nSPS) is 19.5. The van der Waals surface area contributed by atoms with Gasteiger partial charge in [0.15, 0.2) is 0 Å². The largest absolute Gasteiger partial charge is 0.417 e. The first kappa shape index (κ1) is 19.1. The van der Waals surface area contributed by atoms with Crippen LogP contribution in [0.15, 0.2) is 23.1 Å². The molecule has 10 heteroatoms. The highest BCUT2D eigenvalue weighted by Crippen LogP contribution is 2.34. The van der Waals surface area contributed by atoms with Gasteiger partial charge in [0, 0.05) is 12.6 Å². The fourth-order valence-corrected chi connectivity index (χ4v) is 3.67. The van der Waals surface area contributed by atoms with Gasteiger partial charge in [-0.15, -0.1) is 12.4 Å². The molecule has 0 bridgehead atoms. The van der Waals surface area contributed by atoms with Gasteiger partial charge in [-0.05, 0) is 37.6 Å². The number of hydrogen-bond donors (Lipinski definition) is 2. The number of sulfonamides is 1. The summed E-state index contributed by atoms with van der Waals surface area (Å²) in [6.45, 7) is 1.09. The minimum Gasteiger partial charge on any atom is -0.315 e. The number of rotatable bonds is 3. The van der Waals surface area contributed by atoms with Crippen LogP contribution >= 0.6 is 12.4 Å². The maximum Gasteiger partial charge on any atom is 0.417 e. The van der Waals surface area contributed by atoms with Crippen LogP contribution in [0.25, 0.3) is 0 Å². The second-order valence-corrected chi connectivity index (χ2v) is 6.49. The van der Waals surface area contributed by atoms with Crippen molar-refractivity contribution in [2.75, 3.05) is 13.1 Å². The van der Waals surface area contributed by atoms with Gasteiger partial charge >= 0.3 is 6.18 Å². The van der Waals surface area contributed by atoms with E-state index in [2.05, 4.69) is 10.0 Å². The zero-order valence-electron chi connectivity index (χ0n) is 11.3. The second-order valence-electron chi connectivity index (χ2n) is 4.80. The maximum absolute atomic E-state index is 13.0. The van der Waals surface area contributed by atoms with Gasteiger partial charge in [-0.3, -0.25) is 0 Å². The highest BCUT2D eigenvalue weighted by Gasteiger charge is 2.38. The first-order valence-corrected chi connectivity index (χ1v) is 7.78. The summed E-state index contributed by atoms with van der Waals surface area (Å²) in [6, 6.07) is 1.04. The third-order valence-electron chi connectivity index (χ3n) is 3.16. The first-order chi connectivity index (χ1) is 9.70. The molecule has 22 heavy (non-hydrogen) atoms. The molecule has 0 aromatic heterocycles. The Balaban J connectivity index is 0.00000242. The molecule has 1 saturated heterocycles. The summed E-state index contributed by atoms with van der Waals surface area (Å²) in [5.74, 6) is -1.14. The van der Waals surface area contributed by atoms with Crippen LogP contribution in [0.1, 0.15) is 18.4 Å². The lowest BCUT2D eigenvalue weighted by Gasteiger charge is -2.24. The zero-order chi connectivity index (χ0) is 15.7. The van der Waals surface area contributed by atoms with Crippen molar-refractivity contribution in [3.05, 3.63) is 29.6 Å². The second kappa shape index (κ2) is 7.12. The maximum atomic E-state index is 13.0. The number of benzene rings is 1. The van der Waals surface area contributed by atoms with Crippen molar-refractivity contribution in [2.45, 2.75) is 30.0 Å². The van der Waals surface area contributed by atoms with Crippen LogP contribution in [0.5, 0.6) is 0 Å². The average Bonchev–Trinajstić information content (AvgIpc) is 2.38. The van der Waals surface area contributed by atoms with Crippen LogP contribution in [-0.2, 0) is 16.2 Å². The van der Waals surface area contributed by atoms with Gasteiger partial charge in [0.05, 0.1) is 10.5 Å². The van der Waals surface area contributed by atoms with E-state index in [1.165, 1.54) is 0 Å². The summed E-state index contributed by atoms with van der Waals surface area (Å²) in [5.41, 5.74) is -1.50. The molecule has 1 aromatic rings. The molecule has 1 aromatic carbocycles. The summed E-state index contributed by atoms with van der Waals surface area (Å²) in [6.07, 6.45) is -3.69.